The second kappa shape index (κ2) is 3.30. The molecule has 0 amide bonds. The monoisotopic (exact) mass is 217 g/mol. The van der Waals surface area contributed by atoms with Crippen molar-refractivity contribution in [1.29, 1.82) is 0 Å². The zero-order valence-electron chi connectivity index (χ0n) is 7.47. The van der Waals surface area contributed by atoms with Crippen LogP contribution in [0.25, 0.3) is 0 Å². The van der Waals surface area contributed by atoms with E-state index in [0.29, 0.717) is 0 Å². The summed E-state index contributed by atoms with van der Waals surface area (Å²) >= 11 is 0. The minimum Gasteiger partial charge on any atom is -0.367 e. The number of nitrogens with zero attached hydrogens (tertiary/aromatic N) is 1. The topological polar surface area (TPSA) is 39.2 Å². The Morgan fingerprint density at radius 2 is 2.00 bits per heavy atom. The maximum absolute atomic E-state index is 12.3. The molecule has 2 rings (SSSR count). The summed E-state index contributed by atoms with van der Waals surface area (Å²) in [4.78, 5) is 14.6. The Morgan fingerprint density at radius 3 is 2.67 bits per heavy atom. The van der Waals surface area contributed by atoms with Crippen LogP contribution in [0.2, 0.25) is 0 Å². The molecular formula is C9H6F3NO2. The number of ketones is 1. The molecule has 0 radical (unpaired) electrons. The summed E-state index contributed by atoms with van der Waals surface area (Å²) < 4.78 is 41.6. The summed E-state index contributed by atoms with van der Waals surface area (Å²) in [6, 6.07) is 1.96. The van der Waals surface area contributed by atoms with Crippen molar-refractivity contribution in [3.8, 4) is 0 Å². The molecule has 0 aliphatic carbocycles. The predicted octanol–water partition coefficient (Wildman–Crippen LogP) is 1.81. The zero-order chi connectivity index (χ0) is 11.1. The highest BCUT2D eigenvalue weighted by molar-refractivity contribution is 5.98. The maximum Gasteiger partial charge on any atom is 0.433 e. The Hall–Kier alpha value is -1.43. The average molecular weight is 217 g/mol. The van der Waals surface area contributed by atoms with Crippen molar-refractivity contribution in [2.75, 3.05) is 6.61 Å². The van der Waals surface area contributed by atoms with Crippen LogP contribution >= 0.6 is 0 Å². The Balaban J connectivity index is 2.46. The fourth-order valence-electron chi connectivity index (χ4n) is 1.34. The van der Waals surface area contributed by atoms with E-state index >= 15 is 0 Å². The minimum absolute atomic E-state index is 0.0506. The Morgan fingerprint density at radius 1 is 1.27 bits per heavy atom. The van der Waals surface area contributed by atoms with E-state index in [1.807, 2.05) is 0 Å². The summed E-state index contributed by atoms with van der Waals surface area (Å²) in [5.74, 6) is -0.336. The highest BCUT2D eigenvalue weighted by Gasteiger charge is 2.34. The van der Waals surface area contributed by atoms with Crippen LogP contribution in [0, 0.1) is 0 Å². The molecule has 15 heavy (non-hydrogen) atoms. The normalized spacial score (nSPS) is 16.3. The summed E-state index contributed by atoms with van der Waals surface area (Å²) in [6.07, 6.45) is -4.49. The lowest BCUT2D eigenvalue weighted by molar-refractivity contribution is -0.141. The maximum atomic E-state index is 12.3. The van der Waals surface area contributed by atoms with Gasteiger partial charge in [0.2, 0.25) is 0 Å². The first-order valence-corrected chi connectivity index (χ1v) is 4.16. The van der Waals surface area contributed by atoms with Gasteiger partial charge >= 0.3 is 6.18 Å². The van der Waals surface area contributed by atoms with Gasteiger partial charge in [0.15, 0.2) is 5.78 Å². The van der Waals surface area contributed by atoms with Gasteiger partial charge in [-0.2, -0.15) is 13.2 Å². The first-order chi connectivity index (χ1) is 6.98. The summed E-state index contributed by atoms with van der Waals surface area (Å²) in [6.45, 7) is -0.148. The lowest BCUT2D eigenvalue weighted by atomic mass is 10.1. The largest absolute Gasteiger partial charge is 0.433 e. The van der Waals surface area contributed by atoms with Crippen molar-refractivity contribution in [3.05, 3.63) is 29.1 Å². The number of alkyl halides is 3. The Kier molecular flexibility index (Phi) is 2.22. The average Bonchev–Trinajstić information content (AvgIpc) is 2.16. The van der Waals surface area contributed by atoms with Gasteiger partial charge in [0.25, 0.3) is 0 Å². The van der Waals surface area contributed by atoms with Gasteiger partial charge in [-0.15, -0.1) is 0 Å². The molecule has 1 aliphatic heterocycles. The number of carbonyl (C=O) groups excluding carboxylic acids is 1. The number of hydrogen-bond donors (Lipinski definition) is 0. The quantitative estimate of drug-likeness (QED) is 0.665. The van der Waals surface area contributed by atoms with Crippen LogP contribution in [0.4, 0.5) is 13.2 Å². The number of pyridine rings is 1. The van der Waals surface area contributed by atoms with Crippen molar-refractivity contribution in [2.24, 2.45) is 0 Å². The number of hydrogen-bond acceptors (Lipinski definition) is 3. The molecule has 1 aliphatic rings. The highest BCUT2D eigenvalue weighted by atomic mass is 19.4. The molecule has 80 valence electrons. The SMILES string of the molecule is O=C1COCc2nc(C(F)(F)F)ccc21. The molecule has 0 N–H and O–H groups in total. The van der Waals surface area contributed by atoms with Crippen molar-refractivity contribution in [2.45, 2.75) is 12.8 Å². The van der Waals surface area contributed by atoms with Crippen LogP contribution in [0.5, 0.6) is 0 Å². The molecule has 0 unspecified atom stereocenters. The van der Waals surface area contributed by atoms with Crippen LogP contribution in [0.1, 0.15) is 21.7 Å². The predicted molar refractivity (Wildman–Crippen MR) is 43.2 cm³/mol. The number of fused-ring (bicyclic) bond motifs is 1. The van der Waals surface area contributed by atoms with Gasteiger partial charge in [-0.05, 0) is 12.1 Å². The number of ether oxygens (including phenoxy) is 1. The lowest BCUT2D eigenvalue weighted by Crippen LogP contribution is -2.21. The van der Waals surface area contributed by atoms with E-state index in [-0.39, 0.29) is 30.3 Å². The second-order valence-corrected chi connectivity index (χ2v) is 3.10. The van der Waals surface area contributed by atoms with E-state index in [1.54, 1.807) is 0 Å². The number of rotatable bonds is 0. The molecule has 0 spiro atoms. The Labute approximate surface area is 82.9 Å². The third-order valence-corrected chi connectivity index (χ3v) is 2.04. The Bertz CT molecular complexity index is 414. The van der Waals surface area contributed by atoms with Crippen LogP contribution in [-0.4, -0.2) is 17.4 Å². The van der Waals surface area contributed by atoms with Gasteiger partial charge in [-0.25, -0.2) is 4.98 Å². The minimum atomic E-state index is -4.49. The van der Waals surface area contributed by atoms with E-state index in [0.717, 1.165) is 12.1 Å². The molecule has 2 heterocycles. The molecule has 1 aromatic heterocycles. The van der Waals surface area contributed by atoms with Gasteiger partial charge in [-0.3, -0.25) is 4.79 Å². The van der Waals surface area contributed by atoms with Crippen molar-refractivity contribution in [3.63, 3.8) is 0 Å². The van der Waals surface area contributed by atoms with Crippen LogP contribution in [0.3, 0.4) is 0 Å². The fourth-order valence-corrected chi connectivity index (χ4v) is 1.34. The van der Waals surface area contributed by atoms with Gasteiger partial charge in [0.05, 0.1) is 12.3 Å². The smallest absolute Gasteiger partial charge is 0.367 e. The second-order valence-electron chi connectivity index (χ2n) is 3.10. The summed E-state index contributed by atoms with van der Waals surface area (Å²) in [5.41, 5.74) is -0.727. The highest BCUT2D eigenvalue weighted by Crippen LogP contribution is 2.29. The third kappa shape index (κ3) is 1.85. The zero-order valence-corrected chi connectivity index (χ0v) is 7.47. The number of aromatic nitrogens is 1. The molecule has 0 atom stereocenters. The molecule has 6 heteroatoms. The number of Topliss-reactive ketones (excluding diaryl/α,β-unsaturated/α-hetero) is 1. The third-order valence-electron chi connectivity index (χ3n) is 2.04. The molecule has 0 fully saturated rings. The summed E-state index contributed by atoms with van der Waals surface area (Å²) in [5, 5.41) is 0. The van der Waals surface area contributed by atoms with E-state index in [1.165, 1.54) is 0 Å². The first kappa shape index (κ1) is 10.1. The van der Waals surface area contributed by atoms with Crippen molar-refractivity contribution < 1.29 is 22.7 Å². The van der Waals surface area contributed by atoms with E-state index in [2.05, 4.69) is 4.98 Å². The molecule has 0 saturated carbocycles. The molecule has 0 aromatic carbocycles. The van der Waals surface area contributed by atoms with E-state index in [4.69, 9.17) is 4.74 Å². The van der Waals surface area contributed by atoms with Crippen LogP contribution in [0.15, 0.2) is 12.1 Å². The number of carbonyl (C=O) groups is 1. The van der Waals surface area contributed by atoms with E-state index in [9.17, 15) is 18.0 Å². The number of halogens is 3. The molecule has 0 saturated heterocycles. The first-order valence-electron chi connectivity index (χ1n) is 4.16. The van der Waals surface area contributed by atoms with Gasteiger partial charge in [0, 0.05) is 5.56 Å². The molecular weight excluding hydrogens is 211 g/mol. The lowest BCUT2D eigenvalue weighted by Gasteiger charge is -2.15. The molecule has 0 bridgehead atoms. The van der Waals surface area contributed by atoms with Crippen molar-refractivity contribution >= 4 is 5.78 Å². The summed E-state index contributed by atoms with van der Waals surface area (Å²) in [7, 11) is 0. The fraction of sp³-hybridized carbons (Fsp3) is 0.333. The molecule has 1 aromatic rings. The van der Waals surface area contributed by atoms with Gasteiger partial charge in [0.1, 0.15) is 12.3 Å². The van der Waals surface area contributed by atoms with Crippen LogP contribution in [-0.2, 0) is 17.5 Å². The van der Waals surface area contributed by atoms with Crippen molar-refractivity contribution in [1.82, 2.24) is 4.98 Å². The van der Waals surface area contributed by atoms with Gasteiger partial charge < -0.3 is 4.74 Å². The van der Waals surface area contributed by atoms with Crippen LogP contribution < -0.4 is 0 Å². The van der Waals surface area contributed by atoms with E-state index < -0.39 is 11.9 Å². The standard InChI is InChI=1S/C9H6F3NO2/c10-9(11,12)8-2-1-5-6(13-8)3-15-4-7(5)14/h1-2H,3-4H2. The van der Waals surface area contributed by atoms with Gasteiger partial charge in [-0.1, -0.05) is 0 Å². The molecule has 3 nitrogen and oxygen atoms in total.